The summed E-state index contributed by atoms with van der Waals surface area (Å²) in [4.78, 5) is 13.6. The smallest absolute Gasteiger partial charge is 0.157 e. The highest BCUT2D eigenvalue weighted by atomic mass is 16.5. The molecule has 34 heavy (non-hydrogen) atoms. The maximum atomic E-state index is 13.6. The van der Waals surface area contributed by atoms with Gasteiger partial charge in [0.05, 0.1) is 17.7 Å². The van der Waals surface area contributed by atoms with Gasteiger partial charge in [-0.3, -0.25) is 4.79 Å². The van der Waals surface area contributed by atoms with Gasteiger partial charge in [0, 0.05) is 13.0 Å². The Bertz CT molecular complexity index is 1070. The number of ketones is 1. The van der Waals surface area contributed by atoms with Crippen LogP contribution in [0, 0.1) is 40.9 Å². The van der Waals surface area contributed by atoms with Crippen molar-refractivity contribution in [1.29, 1.82) is 0 Å². The minimum absolute atomic E-state index is 0.118. The fourth-order valence-electron chi connectivity index (χ4n) is 9.18. The fourth-order valence-corrected chi connectivity index (χ4v) is 9.18. The summed E-state index contributed by atoms with van der Waals surface area (Å²) in [5.41, 5.74) is 1.30. The first-order valence-corrected chi connectivity index (χ1v) is 13.4. The first kappa shape index (κ1) is 22.7. The number of para-hydroxylation sites is 1. The van der Waals surface area contributed by atoms with Crippen LogP contribution >= 0.6 is 0 Å². The molecule has 4 aliphatic rings. The number of hydrogen-bond donors (Lipinski definition) is 1. The second kappa shape index (κ2) is 8.41. The van der Waals surface area contributed by atoms with Crippen LogP contribution in [-0.2, 0) is 16.1 Å². The van der Waals surface area contributed by atoms with E-state index in [1.165, 1.54) is 32.1 Å². The lowest BCUT2D eigenvalue weighted by Gasteiger charge is -2.57. The number of Topliss-reactive ketones (excluding diaryl/α,β-unsaturated/α-hetero) is 1. The molecule has 4 saturated carbocycles. The van der Waals surface area contributed by atoms with Gasteiger partial charge in [0.25, 0.3) is 0 Å². The van der Waals surface area contributed by atoms with Crippen molar-refractivity contribution in [1.82, 2.24) is 15.0 Å². The Hall–Kier alpha value is -1.79. The number of aliphatic hydroxyl groups is 1. The standard InChI is InChI=1S/C28H39N3O3/c1-27-13-11-20-19-12-14-28(33,17-34-2)15-18(19)7-8-21(20)22(27)9-10-23(27)26(32)16-31-25-6-4-3-5-24(25)29-30-31/h3-6,18-23,33H,7-17H2,1-2H3/t18-,19+,20-,21-,22+,23-,27+,28-/m1/s1. The molecular weight excluding hydrogens is 426 g/mol. The number of benzene rings is 1. The van der Waals surface area contributed by atoms with E-state index in [4.69, 9.17) is 4.74 Å². The van der Waals surface area contributed by atoms with Gasteiger partial charge < -0.3 is 9.84 Å². The van der Waals surface area contributed by atoms with Gasteiger partial charge >= 0.3 is 0 Å². The Balaban J connectivity index is 1.17. The van der Waals surface area contributed by atoms with Gasteiger partial charge in [-0.25, -0.2) is 4.68 Å². The number of methoxy groups -OCH3 is 1. The average molecular weight is 466 g/mol. The van der Waals surface area contributed by atoms with E-state index in [2.05, 4.69) is 17.2 Å². The van der Waals surface area contributed by atoms with E-state index in [0.29, 0.717) is 30.8 Å². The average Bonchev–Trinajstić information content (AvgIpc) is 3.39. The van der Waals surface area contributed by atoms with Crippen molar-refractivity contribution in [2.45, 2.75) is 76.9 Å². The molecule has 0 amide bonds. The number of carbonyl (C=O) groups excluding carboxylic acids is 1. The van der Waals surface area contributed by atoms with Crippen LogP contribution in [0.25, 0.3) is 11.0 Å². The summed E-state index contributed by atoms with van der Waals surface area (Å²) >= 11 is 0. The van der Waals surface area contributed by atoms with Crippen LogP contribution in [0.2, 0.25) is 0 Å². The Morgan fingerprint density at radius 2 is 1.91 bits per heavy atom. The van der Waals surface area contributed by atoms with E-state index in [-0.39, 0.29) is 11.3 Å². The summed E-state index contributed by atoms with van der Waals surface area (Å²) < 4.78 is 7.14. The molecule has 0 aliphatic heterocycles. The molecule has 6 rings (SSSR count). The third-order valence-corrected chi connectivity index (χ3v) is 10.6. The molecule has 6 nitrogen and oxygen atoms in total. The van der Waals surface area contributed by atoms with Crippen LogP contribution < -0.4 is 0 Å². The molecule has 1 aromatic heterocycles. The van der Waals surface area contributed by atoms with E-state index < -0.39 is 5.60 Å². The van der Waals surface area contributed by atoms with Crippen LogP contribution in [0.4, 0.5) is 0 Å². The largest absolute Gasteiger partial charge is 0.387 e. The Labute approximate surface area is 202 Å². The zero-order valence-corrected chi connectivity index (χ0v) is 20.7. The van der Waals surface area contributed by atoms with Gasteiger partial charge in [0.15, 0.2) is 5.78 Å². The molecule has 4 aliphatic carbocycles. The fraction of sp³-hybridized carbons (Fsp3) is 0.750. The number of rotatable bonds is 5. The van der Waals surface area contributed by atoms with E-state index in [0.717, 1.165) is 54.5 Å². The first-order chi connectivity index (χ1) is 16.4. The highest BCUT2D eigenvalue weighted by Crippen LogP contribution is 2.64. The Morgan fingerprint density at radius 1 is 1.09 bits per heavy atom. The minimum atomic E-state index is -0.623. The highest BCUT2D eigenvalue weighted by molar-refractivity contribution is 5.84. The number of nitrogens with zero attached hydrogens (tertiary/aromatic N) is 3. The topological polar surface area (TPSA) is 77.2 Å². The lowest BCUT2D eigenvalue weighted by molar-refractivity contribution is -0.136. The highest BCUT2D eigenvalue weighted by Gasteiger charge is 2.59. The lowest BCUT2D eigenvalue weighted by Crippen LogP contribution is -2.52. The summed E-state index contributed by atoms with van der Waals surface area (Å²) in [6.07, 6.45) is 10.0. The molecule has 4 fully saturated rings. The van der Waals surface area contributed by atoms with Gasteiger partial charge in [-0.05, 0) is 105 Å². The second-order valence-corrected chi connectivity index (χ2v) is 12.2. The summed E-state index contributed by atoms with van der Waals surface area (Å²) in [7, 11) is 1.70. The summed E-state index contributed by atoms with van der Waals surface area (Å²) in [6.45, 7) is 3.23. The van der Waals surface area contributed by atoms with Crippen LogP contribution in [-0.4, -0.2) is 45.2 Å². The van der Waals surface area contributed by atoms with Crippen molar-refractivity contribution in [3.8, 4) is 0 Å². The number of fused-ring (bicyclic) bond motifs is 6. The molecule has 8 atom stereocenters. The molecule has 1 heterocycles. The lowest BCUT2D eigenvalue weighted by atomic mass is 9.49. The van der Waals surface area contributed by atoms with Crippen molar-refractivity contribution in [3.05, 3.63) is 24.3 Å². The van der Waals surface area contributed by atoms with Crippen molar-refractivity contribution >= 4 is 16.8 Å². The van der Waals surface area contributed by atoms with Crippen molar-refractivity contribution in [2.75, 3.05) is 13.7 Å². The number of ether oxygens (including phenoxy) is 1. The molecule has 0 bridgehead atoms. The van der Waals surface area contributed by atoms with Gasteiger partial charge in [-0.1, -0.05) is 24.3 Å². The van der Waals surface area contributed by atoms with Gasteiger partial charge in [-0.15, -0.1) is 5.10 Å². The first-order valence-electron chi connectivity index (χ1n) is 13.4. The molecule has 184 valence electrons. The quantitative estimate of drug-likeness (QED) is 0.696. The van der Waals surface area contributed by atoms with Gasteiger partial charge in [0.1, 0.15) is 12.1 Å². The Kier molecular flexibility index (Phi) is 5.60. The zero-order chi connectivity index (χ0) is 23.5. The molecule has 6 heteroatoms. The molecule has 0 radical (unpaired) electrons. The van der Waals surface area contributed by atoms with E-state index in [9.17, 15) is 9.90 Å². The maximum absolute atomic E-state index is 13.6. The normalized spacial score (nSPS) is 41.6. The molecule has 1 aromatic carbocycles. The molecule has 2 aromatic rings. The Morgan fingerprint density at radius 3 is 2.76 bits per heavy atom. The van der Waals surface area contributed by atoms with E-state index in [1.807, 2.05) is 24.3 Å². The van der Waals surface area contributed by atoms with Gasteiger partial charge in [-0.2, -0.15) is 0 Å². The molecule has 0 unspecified atom stereocenters. The third kappa shape index (κ3) is 3.55. The van der Waals surface area contributed by atoms with Crippen LogP contribution in [0.5, 0.6) is 0 Å². The number of aromatic nitrogens is 3. The molecular formula is C28H39N3O3. The van der Waals surface area contributed by atoms with E-state index in [1.54, 1.807) is 11.8 Å². The molecule has 0 spiro atoms. The van der Waals surface area contributed by atoms with Crippen molar-refractivity contribution in [3.63, 3.8) is 0 Å². The van der Waals surface area contributed by atoms with Crippen molar-refractivity contribution < 1.29 is 14.6 Å². The zero-order valence-electron chi connectivity index (χ0n) is 20.7. The van der Waals surface area contributed by atoms with Gasteiger partial charge in [0.2, 0.25) is 0 Å². The maximum Gasteiger partial charge on any atom is 0.157 e. The molecule has 1 N–H and O–H groups in total. The van der Waals surface area contributed by atoms with Crippen LogP contribution in [0.3, 0.4) is 0 Å². The second-order valence-electron chi connectivity index (χ2n) is 12.2. The predicted molar refractivity (Wildman–Crippen MR) is 130 cm³/mol. The van der Waals surface area contributed by atoms with E-state index >= 15 is 0 Å². The minimum Gasteiger partial charge on any atom is -0.387 e. The van der Waals surface area contributed by atoms with Crippen molar-refractivity contribution in [2.24, 2.45) is 40.9 Å². The monoisotopic (exact) mass is 465 g/mol. The van der Waals surface area contributed by atoms with Crippen LogP contribution in [0.1, 0.15) is 64.7 Å². The summed E-state index contributed by atoms with van der Waals surface area (Å²) in [5, 5.41) is 19.5. The van der Waals surface area contributed by atoms with Crippen LogP contribution in [0.15, 0.2) is 24.3 Å². The summed E-state index contributed by atoms with van der Waals surface area (Å²) in [6, 6.07) is 7.90. The summed E-state index contributed by atoms with van der Waals surface area (Å²) in [5.74, 6) is 4.05. The third-order valence-electron chi connectivity index (χ3n) is 10.6. The number of carbonyl (C=O) groups is 1. The predicted octanol–water partition coefficient (Wildman–Crippen LogP) is 4.65. The SMILES string of the molecule is COC[C@@]1(O)CC[C@H]2[C@H](CC[C@@H]3[C@@H]2CC[C@]2(C)[C@@H](C(=O)Cn4nnc5ccccc54)CC[C@@H]32)C1. The molecule has 0 saturated heterocycles. The number of hydrogen-bond acceptors (Lipinski definition) is 5.